The Morgan fingerprint density at radius 2 is 2.07 bits per heavy atom. The van der Waals surface area contributed by atoms with E-state index in [1.807, 2.05) is 6.92 Å². The summed E-state index contributed by atoms with van der Waals surface area (Å²) in [6.07, 6.45) is 4.97. The third-order valence-corrected chi connectivity index (χ3v) is 3.90. The van der Waals surface area contributed by atoms with Crippen LogP contribution < -0.4 is 0 Å². The first kappa shape index (κ1) is 12.5. The van der Waals surface area contributed by atoms with Crippen LogP contribution in [0.5, 0.6) is 0 Å². The Labute approximate surface area is 93.9 Å². The number of hydrogen-bond donors (Lipinski definition) is 0. The minimum absolute atomic E-state index is 0.718. The first-order valence-corrected chi connectivity index (χ1v) is 6.25. The zero-order valence-electron chi connectivity index (χ0n) is 10.5. The third kappa shape index (κ3) is 3.50. The van der Waals surface area contributed by atoms with Gasteiger partial charge in [0.15, 0.2) is 0 Å². The van der Waals surface area contributed by atoms with Gasteiger partial charge in [-0.05, 0) is 49.9 Å². The minimum atomic E-state index is 0.718. The Bertz CT molecular complexity index is 248. The molecule has 1 nitrogen and oxygen atoms in total. The van der Waals surface area contributed by atoms with Crippen LogP contribution in [0.1, 0.15) is 53.4 Å². The zero-order valence-corrected chi connectivity index (χ0v) is 10.5. The van der Waals surface area contributed by atoms with Gasteiger partial charge in [0.1, 0.15) is 5.94 Å². The second kappa shape index (κ2) is 5.51. The molecule has 1 saturated carbocycles. The van der Waals surface area contributed by atoms with Gasteiger partial charge in [0, 0.05) is 5.57 Å². The maximum absolute atomic E-state index is 10.6. The molecule has 1 heteroatoms. The lowest BCUT2D eigenvalue weighted by molar-refractivity contribution is 0.144. The molecule has 0 aromatic rings. The SMILES string of the molecule is CC(=C=O)CC1CC(C)CCC1C(C)C. The van der Waals surface area contributed by atoms with E-state index in [0.29, 0.717) is 0 Å². The van der Waals surface area contributed by atoms with Crippen molar-refractivity contribution < 1.29 is 4.79 Å². The summed E-state index contributed by atoms with van der Waals surface area (Å²) in [6, 6.07) is 0. The standard InChI is InChI=1S/C14H24O/c1-10(2)14-6-5-11(3)7-13(14)8-12(4)9-15/h10-11,13-14H,5-8H2,1-4H3. The molecule has 0 aromatic carbocycles. The molecular weight excluding hydrogens is 184 g/mol. The first-order valence-electron chi connectivity index (χ1n) is 6.25. The van der Waals surface area contributed by atoms with E-state index in [2.05, 4.69) is 26.7 Å². The van der Waals surface area contributed by atoms with Gasteiger partial charge in [0.2, 0.25) is 0 Å². The van der Waals surface area contributed by atoms with Gasteiger partial charge >= 0.3 is 0 Å². The Hall–Kier alpha value is -0.550. The summed E-state index contributed by atoms with van der Waals surface area (Å²) < 4.78 is 0. The van der Waals surface area contributed by atoms with Crippen molar-refractivity contribution in [1.82, 2.24) is 0 Å². The van der Waals surface area contributed by atoms with Crippen LogP contribution in [0, 0.1) is 23.7 Å². The lowest BCUT2D eigenvalue weighted by Crippen LogP contribution is -2.27. The van der Waals surface area contributed by atoms with Gasteiger partial charge in [-0.15, -0.1) is 0 Å². The molecule has 3 atom stereocenters. The van der Waals surface area contributed by atoms with Gasteiger partial charge in [-0.2, -0.15) is 0 Å². The molecule has 0 radical (unpaired) electrons. The monoisotopic (exact) mass is 208 g/mol. The van der Waals surface area contributed by atoms with Crippen LogP contribution in [-0.4, -0.2) is 5.94 Å². The highest BCUT2D eigenvalue weighted by Crippen LogP contribution is 2.40. The quantitative estimate of drug-likeness (QED) is 0.644. The highest BCUT2D eigenvalue weighted by Gasteiger charge is 2.30. The highest BCUT2D eigenvalue weighted by molar-refractivity contribution is 5.51. The molecule has 15 heavy (non-hydrogen) atoms. The fourth-order valence-corrected chi connectivity index (χ4v) is 3.07. The van der Waals surface area contributed by atoms with Crippen molar-refractivity contribution in [3.63, 3.8) is 0 Å². The van der Waals surface area contributed by atoms with Crippen LogP contribution in [0.25, 0.3) is 0 Å². The minimum Gasteiger partial charge on any atom is -0.234 e. The van der Waals surface area contributed by atoms with E-state index >= 15 is 0 Å². The molecule has 0 aromatic heterocycles. The third-order valence-electron chi connectivity index (χ3n) is 3.90. The van der Waals surface area contributed by atoms with Gasteiger partial charge in [-0.3, -0.25) is 0 Å². The number of carbonyl (C=O) groups excluding carboxylic acids is 1. The average Bonchev–Trinajstić information content (AvgIpc) is 2.17. The Morgan fingerprint density at radius 1 is 1.40 bits per heavy atom. The maximum Gasteiger partial charge on any atom is 0.123 e. The summed E-state index contributed by atoms with van der Waals surface area (Å²) in [6.45, 7) is 8.88. The fourth-order valence-electron chi connectivity index (χ4n) is 3.07. The normalized spacial score (nSPS) is 31.4. The zero-order chi connectivity index (χ0) is 11.4. The van der Waals surface area contributed by atoms with Crippen molar-refractivity contribution in [2.24, 2.45) is 23.7 Å². The summed E-state index contributed by atoms with van der Waals surface area (Å²) in [5, 5.41) is 0. The molecule has 86 valence electrons. The van der Waals surface area contributed by atoms with Crippen molar-refractivity contribution in [2.45, 2.75) is 53.4 Å². The molecule has 3 unspecified atom stereocenters. The van der Waals surface area contributed by atoms with Crippen molar-refractivity contribution in [3.8, 4) is 0 Å². The van der Waals surface area contributed by atoms with Crippen LogP contribution in [0.3, 0.4) is 0 Å². The predicted molar refractivity (Wildman–Crippen MR) is 64.3 cm³/mol. The summed E-state index contributed by atoms with van der Waals surface area (Å²) in [5.41, 5.74) is 0.903. The van der Waals surface area contributed by atoms with E-state index < -0.39 is 0 Å². The Balaban J connectivity index is 2.66. The molecule has 0 spiro atoms. The summed E-state index contributed by atoms with van der Waals surface area (Å²) >= 11 is 0. The van der Waals surface area contributed by atoms with Gasteiger partial charge < -0.3 is 0 Å². The topological polar surface area (TPSA) is 17.1 Å². The second-order valence-corrected chi connectivity index (χ2v) is 5.67. The lowest BCUT2D eigenvalue weighted by Gasteiger charge is -2.37. The van der Waals surface area contributed by atoms with Crippen molar-refractivity contribution in [3.05, 3.63) is 5.57 Å². The molecular formula is C14H24O. The molecule has 1 aliphatic rings. The fraction of sp³-hybridized carbons (Fsp3) is 0.857. The number of hydrogen-bond acceptors (Lipinski definition) is 1. The Kier molecular flexibility index (Phi) is 4.60. The van der Waals surface area contributed by atoms with Crippen molar-refractivity contribution >= 4 is 5.94 Å². The maximum atomic E-state index is 10.6. The number of allylic oxidation sites excluding steroid dienone is 1. The summed E-state index contributed by atoms with van der Waals surface area (Å²) in [5.74, 6) is 5.17. The molecule has 1 aliphatic carbocycles. The molecule has 1 fully saturated rings. The first-order chi connectivity index (χ1) is 7.04. The molecule has 1 rings (SSSR count). The van der Waals surface area contributed by atoms with E-state index in [0.717, 1.165) is 35.7 Å². The molecule has 0 N–H and O–H groups in total. The average molecular weight is 208 g/mol. The van der Waals surface area contributed by atoms with E-state index in [1.165, 1.54) is 19.3 Å². The molecule has 0 heterocycles. The van der Waals surface area contributed by atoms with E-state index in [9.17, 15) is 4.79 Å². The van der Waals surface area contributed by atoms with Crippen LogP contribution >= 0.6 is 0 Å². The van der Waals surface area contributed by atoms with Crippen LogP contribution in [-0.2, 0) is 4.79 Å². The van der Waals surface area contributed by atoms with E-state index in [1.54, 1.807) is 0 Å². The summed E-state index contributed by atoms with van der Waals surface area (Å²) in [7, 11) is 0. The largest absolute Gasteiger partial charge is 0.234 e. The smallest absolute Gasteiger partial charge is 0.123 e. The number of rotatable bonds is 3. The van der Waals surface area contributed by atoms with Gasteiger partial charge in [0.25, 0.3) is 0 Å². The van der Waals surface area contributed by atoms with Crippen LogP contribution in [0.4, 0.5) is 0 Å². The van der Waals surface area contributed by atoms with Crippen LogP contribution in [0.2, 0.25) is 0 Å². The Morgan fingerprint density at radius 3 is 2.60 bits per heavy atom. The van der Waals surface area contributed by atoms with Gasteiger partial charge in [-0.1, -0.05) is 27.2 Å². The molecule has 0 aliphatic heterocycles. The van der Waals surface area contributed by atoms with E-state index in [4.69, 9.17) is 0 Å². The predicted octanol–water partition coefficient (Wildman–Crippen LogP) is 3.86. The highest BCUT2D eigenvalue weighted by atomic mass is 16.1. The summed E-state index contributed by atoms with van der Waals surface area (Å²) in [4.78, 5) is 10.6. The van der Waals surface area contributed by atoms with Gasteiger partial charge in [-0.25, -0.2) is 4.79 Å². The van der Waals surface area contributed by atoms with E-state index in [-0.39, 0.29) is 0 Å². The molecule has 0 saturated heterocycles. The van der Waals surface area contributed by atoms with Crippen LogP contribution in [0.15, 0.2) is 5.57 Å². The van der Waals surface area contributed by atoms with Crippen molar-refractivity contribution in [1.29, 1.82) is 0 Å². The molecule has 0 bridgehead atoms. The second-order valence-electron chi connectivity index (χ2n) is 5.67. The van der Waals surface area contributed by atoms with Crippen molar-refractivity contribution in [2.75, 3.05) is 0 Å². The lowest BCUT2D eigenvalue weighted by atomic mass is 9.68. The van der Waals surface area contributed by atoms with Gasteiger partial charge in [0.05, 0.1) is 0 Å². The molecule has 0 amide bonds.